The van der Waals surface area contributed by atoms with E-state index in [4.69, 9.17) is 0 Å². The van der Waals surface area contributed by atoms with Crippen LogP contribution in [0.1, 0.15) is 24.0 Å². The summed E-state index contributed by atoms with van der Waals surface area (Å²) in [7, 11) is 0. The number of piperidine rings is 1. The molecule has 1 saturated heterocycles. The maximum absolute atomic E-state index is 14.2. The van der Waals surface area contributed by atoms with Gasteiger partial charge in [0.25, 0.3) is 0 Å². The summed E-state index contributed by atoms with van der Waals surface area (Å²) in [5.74, 6) is -0.164. The van der Waals surface area contributed by atoms with Gasteiger partial charge in [-0.05, 0) is 43.0 Å². The first kappa shape index (κ1) is 15.9. The number of fused-ring (bicyclic) bond motifs is 1. The minimum Gasteiger partial charge on any atom is -0.369 e. The second kappa shape index (κ2) is 6.39. The third-order valence-electron chi connectivity index (χ3n) is 5.27. The quantitative estimate of drug-likeness (QED) is 0.892. The van der Waals surface area contributed by atoms with Crippen molar-refractivity contribution in [3.05, 3.63) is 59.4 Å². The van der Waals surface area contributed by atoms with E-state index in [9.17, 15) is 9.18 Å². The molecule has 1 N–H and O–H groups in total. The van der Waals surface area contributed by atoms with Crippen molar-refractivity contribution in [2.24, 2.45) is 0 Å². The maximum Gasteiger partial charge on any atom is 0.322 e. The number of carbonyl (C=O) groups excluding carboxylic acids is 1. The number of urea groups is 1. The molecule has 0 unspecified atom stereocenters. The maximum atomic E-state index is 14.2. The molecule has 4 nitrogen and oxygen atoms in total. The molecule has 0 aromatic heterocycles. The molecule has 1 fully saturated rings. The van der Waals surface area contributed by atoms with E-state index < -0.39 is 0 Å². The topological polar surface area (TPSA) is 35.6 Å². The number of benzene rings is 2. The van der Waals surface area contributed by atoms with Crippen molar-refractivity contribution in [2.45, 2.75) is 32.4 Å². The third kappa shape index (κ3) is 2.95. The number of hydrogen-bond acceptors (Lipinski definition) is 2. The standard InChI is InChI=1S/C20H22FN3O/c1-14-5-4-7-17(21)19(14)23-11-9-16(10-12-23)24-13-15-6-2-3-8-18(15)22-20(24)25/h2-8,16H,9-13H2,1H3,(H,22,25). The van der Waals surface area contributed by atoms with Gasteiger partial charge in [-0.25, -0.2) is 9.18 Å². The van der Waals surface area contributed by atoms with Gasteiger partial charge in [-0.1, -0.05) is 30.3 Å². The molecule has 2 heterocycles. The van der Waals surface area contributed by atoms with Crippen LogP contribution in [-0.4, -0.2) is 30.1 Å². The minimum absolute atomic E-state index is 0.0285. The molecule has 0 radical (unpaired) electrons. The summed E-state index contributed by atoms with van der Waals surface area (Å²) in [6.07, 6.45) is 1.70. The van der Waals surface area contributed by atoms with Crippen LogP contribution < -0.4 is 10.2 Å². The highest BCUT2D eigenvalue weighted by atomic mass is 19.1. The Kier molecular flexibility index (Phi) is 4.07. The Balaban J connectivity index is 1.47. The number of para-hydroxylation sites is 2. The largest absolute Gasteiger partial charge is 0.369 e. The van der Waals surface area contributed by atoms with E-state index in [2.05, 4.69) is 16.3 Å². The van der Waals surface area contributed by atoms with Crippen molar-refractivity contribution in [2.75, 3.05) is 23.3 Å². The van der Waals surface area contributed by atoms with Gasteiger partial charge >= 0.3 is 6.03 Å². The zero-order valence-electron chi connectivity index (χ0n) is 14.3. The van der Waals surface area contributed by atoms with E-state index in [1.54, 1.807) is 6.07 Å². The lowest BCUT2D eigenvalue weighted by Crippen LogP contribution is -2.50. The van der Waals surface area contributed by atoms with Crippen molar-refractivity contribution in [1.82, 2.24) is 4.90 Å². The Morgan fingerprint density at radius 2 is 1.84 bits per heavy atom. The summed E-state index contributed by atoms with van der Waals surface area (Å²) in [6, 6.07) is 13.3. The van der Waals surface area contributed by atoms with Crippen LogP contribution in [0.3, 0.4) is 0 Å². The molecule has 2 aliphatic rings. The highest BCUT2D eigenvalue weighted by Gasteiger charge is 2.32. The summed E-state index contributed by atoms with van der Waals surface area (Å²) in [5, 5.41) is 2.98. The number of carbonyl (C=O) groups is 1. The first-order chi connectivity index (χ1) is 12.1. The van der Waals surface area contributed by atoms with Gasteiger partial charge in [0.2, 0.25) is 0 Å². The SMILES string of the molecule is Cc1cccc(F)c1N1CCC(N2Cc3ccccc3NC2=O)CC1. The number of nitrogens with one attached hydrogen (secondary N) is 1. The van der Waals surface area contributed by atoms with Crippen molar-refractivity contribution in [3.63, 3.8) is 0 Å². The molecule has 25 heavy (non-hydrogen) atoms. The zero-order valence-corrected chi connectivity index (χ0v) is 14.3. The highest BCUT2D eigenvalue weighted by Crippen LogP contribution is 2.31. The summed E-state index contributed by atoms with van der Waals surface area (Å²) in [6.45, 7) is 4.11. The molecule has 0 atom stereocenters. The molecular formula is C20H22FN3O. The predicted octanol–water partition coefficient (Wildman–Crippen LogP) is 4.15. The minimum atomic E-state index is -0.164. The molecular weight excluding hydrogens is 317 g/mol. The summed E-state index contributed by atoms with van der Waals surface area (Å²) in [5.41, 5.74) is 3.72. The Labute approximate surface area is 147 Å². The van der Waals surface area contributed by atoms with Gasteiger partial charge in [0, 0.05) is 31.4 Å². The van der Waals surface area contributed by atoms with Crippen LogP contribution in [0.25, 0.3) is 0 Å². The number of aryl methyl sites for hydroxylation is 1. The highest BCUT2D eigenvalue weighted by molar-refractivity contribution is 5.92. The van der Waals surface area contributed by atoms with E-state index >= 15 is 0 Å². The van der Waals surface area contributed by atoms with E-state index in [1.807, 2.05) is 36.1 Å². The molecule has 2 aromatic rings. The molecule has 0 saturated carbocycles. The van der Waals surface area contributed by atoms with Gasteiger partial charge in [-0.2, -0.15) is 0 Å². The normalized spacial score (nSPS) is 18.1. The summed E-state index contributed by atoms with van der Waals surface area (Å²) in [4.78, 5) is 16.5. The number of hydrogen-bond donors (Lipinski definition) is 1. The molecule has 5 heteroatoms. The average molecular weight is 339 g/mol. The van der Waals surface area contributed by atoms with Gasteiger partial charge in [-0.15, -0.1) is 0 Å². The lowest BCUT2D eigenvalue weighted by molar-refractivity contribution is 0.167. The van der Waals surface area contributed by atoms with Crippen LogP contribution in [-0.2, 0) is 6.54 Å². The van der Waals surface area contributed by atoms with Gasteiger partial charge in [0.15, 0.2) is 0 Å². The molecule has 0 aliphatic carbocycles. The molecule has 0 bridgehead atoms. The first-order valence-corrected chi connectivity index (χ1v) is 8.79. The monoisotopic (exact) mass is 339 g/mol. The van der Waals surface area contributed by atoms with Gasteiger partial charge in [-0.3, -0.25) is 0 Å². The van der Waals surface area contributed by atoms with E-state index in [-0.39, 0.29) is 17.9 Å². The lowest BCUT2D eigenvalue weighted by Gasteiger charge is -2.41. The number of amides is 2. The Hall–Kier alpha value is -2.56. The molecule has 2 aromatic carbocycles. The number of anilines is 2. The third-order valence-corrected chi connectivity index (χ3v) is 5.27. The number of nitrogens with zero attached hydrogens (tertiary/aromatic N) is 2. The van der Waals surface area contributed by atoms with Crippen LogP contribution in [0.15, 0.2) is 42.5 Å². The molecule has 4 rings (SSSR count). The van der Waals surface area contributed by atoms with Gasteiger partial charge in [0.1, 0.15) is 5.82 Å². The average Bonchev–Trinajstić information content (AvgIpc) is 2.62. The van der Waals surface area contributed by atoms with Gasteiger partial charge < -0.3 is 15.1 Å². The molecule has 2 amide bonds. The molecule has 2 aliphatic heterocycles. The second-order valence-corrected chi connectivity index (χ2v) is 6.84. The Morgan fingerprint density at radius 1 is 1.08 bits per heavy atom. The van der Waals surface area contributed by atoms with Crippen molar-refractivity contribution in [1.29, 1.82) is 0 Å². The second-order valence-electron chi connectivity index (χ2n) is 6.84. The van der Waals surface area contributed by atoms with Crippen LogP contribution >= 0.6 is 0 Å². The summed E-state index contributed by atoms with van der Waals surface area (Å²) >= 11 is 0. The van der Waals surface area contributed by atoms with E-state index in [1.165, 1.54) is 6.07 Å². The van der Waals surface area contributed by atoms with Crippen LogP contribution in [0.5, 0.6) is 0 Å². The van der Waals surface area contributed by atoms with Crippen LogP contribution in [0, 0.1) is 12.7 Å². The number of rotatable bonds is 2. The van der Waals surface area contributed by atoms with E-state index in [0.717, 1.165) is 42.7 Å². The first-order valence-electron chi connectivity index (χ1n) is 8.79. The summed E-state index contributed by atoms with van der Waals surface area (Å²) < 4.78 is 14.2. The zero-order chi connectivity index (χ0) is 17.4. The Bertz CT molecular complexity index is 779. The molecule has 130 valence electrons. The van der Waals surface area contributed by atoms with Gasteiger partial charge in [0.05, 0.1) is 5.69 Å². The van der Waals surface area contributed by atoms with Crippen molar-refractivity contribution < 1.29 is 9.18 Å². The lowest BCUT2D eigenvalue weighted by atomic mass is 9.99. The van der Waals surface area contributed by atoms with Crippen LogP contribution in [0.2, 0.25) is 0 Å². The molecule has 0 spiro atoms. The Morgan fingerprint density at radius 3 is 2.60 bits per heavy atom. The number of halogens is 1. The van der Waals surface area contributed by atoms with Crippen molar-refractivity contribution >= 4 is 17.4 Å². The smallest absolute Gasteiger partial charge is 0.322 e. The predicted molar refractivity (Wildman–Crippen MR) is 97.4 cm³/mol. The fraction of sp³-hybridized carbons (Fsp3) is 0.350. The fourth-order valence-corrected chi connectivity index (χ4v) is 3.94. The van der Waals surface area contributed by atoms with E-state index in [0.29, 0.717) is 12.2 Å². The van der Waals surface area contributed by atoms with Crippen LogP contribution in [0.4, 0.5) is 20.6 Å². The fourth-order valence-electron chi connectivity index (χ4n) is 3.94. The van der Waals surface area contributed by atoms with Crippen molar-refractivity contribution in [3.8, 4) is 0 Å².